The summed E-state index contributed by atoms with van der Waals surface area (Å²) < 4.78 is 4.66. The summed E-state index contributed by atoms with van der Waals surface area (Å²) in [6, 6.07) is 7.88. The third-order valence-electron chi connectivity index (χ3n) is 2.53. The molecule has 3 nitrogen and oxygen atoms in total. The van der Waals surface area contributed by atoms with E-state index in [1.54, 1.807) is 12.1 Å². The molecule has 1 rings (SSSR count). The maximum absolute atomic E-state index is 11.3. The lowest BCUT2D eigenvalue weighted by atomic mass is 10.1. The zero-order valence-corrected chi connectivity index (χ0v) is 11.5. The van der Waals surface area contributed by atoms with E-state index >= 15 is 0 Å². The number of methoxy groups -OCH3 is 1. The van der Waals surface area contributed by atoms with Crippen LogP contribution in [0.5, 0.6) is 0 Å². The summed E-state index contributed by atoms with van der Waals surface area (Å²) >= 11 is 0. The zero-order chi connectivity index (χ0) is 13.5. The molecule has 0 amide bonds. The van der Waals surface area contributed by atoms with E-state index in [-0.39, 0.29) is 5.97 Å². The highest BCUT2D eigenvalue weighted by Crippen LogP contribution is 2.09. The molecule has 0 heterocycles. The Morgan fingerprint density at radius 2 is 1.94 bits per heavy atom. The van der Waals surface area contributed by atoms with Crippen molar-refractivity contribution in [1.82, 2.24) is 5.32 Å². The van der Waals surface area contributed by atoms with Crippen molar-refractivity contribution < 1.29 is 9.53 Å². The lowest BCUT2D eigenvalue weighted by Crippen LogP contribution is -2.24. The molecular formula is C15H21NO2. The van der Waals surface area contributed by atoms with Crippen LogP contribution in [0.2, 0.25) is 0 Å². The first-order valence-corrected chi connectivity index (χ1v) is 6.12. The van der Waals surface area contributed by atoms with Crippen LogP contribution in [0.3, 0.4) is 0 Å². The Morgan fingerprint density at radius 3 is 2.44 bits per heavy atom. The van der Waals surface area contributed by atoms with Crippen molar-refractivity contribution in [2.75, 3.05) is 13.7 Å². The fourth-order valence-electron chi connectivity index (χ4n) is 1.53. The second-order valence-corrected chi connectivity index (χ2v) is 4.64. The Hall–Kier alpha value is -1.61. The molecule has 0 aliphatic rings. The van der Waals surface area contributed by atoms with Crippen LogP contribution in [0, 0.1) is 0 Å². The highest BCUT2D eigenvalue weighted by Gasteiger charge is 2.03. The summed E-state index contributed by atoms with van der Waals surface area (Å²) in [5.74, 6) is -0.302. The van der Waals surface area contributed by atoms with Crippen LogP contribution in [0.25, 0.3) is 6.08 Å². The van der Waals surface area contributed by atoms with Gasteiger partial charge in [0.2, 0.25) is 0 Å². The van der Waals surface area contributed by atoms with E-state index in [0.717, 1.165) is 12.1 Å². The fourth-order valence-corrected chi connectivity index (χ4v) is 1.53. The highest BCUT2D eigenvalue weighted by molar-refractivity contribution is 5.89. The molecule has 0 saturated heterocycles. The summed E-state index contributed by atoms with van der Waals surface area (Å²) in [5, 5.41) is 3.36. The normalized spacial score (nSPS) is 11.7. The van der Waals surface area contributed by atoms with Crippen molar-refractivity contribution in [2.24, 2.45) is 0 Å². The predicted octanol–water partition coefficient (Wildman–Crippen LogP) is 2.87. The van der Waals surface area contributed by atoms with Crippen molar-refractivity contribution in [1.29, 1.82) is 0 Å². The molecule has 1 aromatic rings. The van der Waals surface area contributed by atoms with E-state index < -0.39 is 0 Å². The van der Waals surface area contributed by atoms with Gasteiger partial charge in [-0.1, -0.05) is 37.6 Å². The molecule has 0 bridgehead atoms. The molecule has 0 unspecified atom stereocenters. The van der Waals surface area contributed by atoms with E-state index in [1.807, 2.05) is 12.1 Å². The standard InChI is InChI=1S/C15H21NO2/c1-11(2)16-10-12(3)9-13-5-7-14(8-6-13)15(17)18-4/h5-9,11,16H,10H2,1-4H3. The third-order valence-corrected chi connectivity index (χ3v) is 2.53. The SMILES string of the molecule is COC(=O)c1ccc(C=C(C)CNC(C)C)cc1. The molecule has 0 atom stereocenters. The maximum Gasteiger partial charge on any atom is 0.337 e. The van der Waals surface area contributed by atoms with Gasteiger partial charge < -0.3 is 10.1 Å². The zero-order valence-electron chi connectivity index (χ0n) is 11.5. The molecule has 0 saturated carbocycles. The van der Waals surface area contributed by atoms with E-state index in [1.165, 1.54) is 12.7 Å². The number of esters is 1. The van der Waals surface area contributed by atoms with Crippen LogP contribution < -0.4 is 5.32 Å². The average Bonchev–Trinajstić information content (AvgIpc) is 2.36. The molecule has 1 aromatic carbocycles. The lowest BCUT2D eigenvalue weighted by molar-refractivity contribution is 0.0601. The van der Waals surface area contributed by atoms with E-state index in [9.17, 15) is 4.79 Å². The fraction of sp³-hybridized carbons (Fsp3) is 0.400. The number of benzene rings is 1. The van der Waals surface area contributed by atoms with Crippen molar-refractivity contribution in [3.8, 4) is 0 Å². The first-order chi connectivity index (χ1) is 8.52. The number of ether oxygens (including phenoxy) is 1. The molecule has 1 N–H and O–H groups in total. The Labute approximate surface area is 109 Å². The maximum atomic E-state index is 11.3. The smallest absolute Gasteiger partial charge is 0.337 e. The van der Waals surface area contributed by atoms with Crippen LogP contribution in [0.4, 0.5) is 0 Å². The topological polar surface area (TPSA) is 38.3 Å². The molecule has 18 heavy (non-hydrogen) atoms. The molecule has 0 spiro atoms. The number of hydrogen-bond donors (Lipinski definition) is 1. The highest BCUT2D eigenvalue weighted by atomic mass is 16.5. The van der Waals surface area contributed by atoms with Gasteiger partial charge in [0.1, 0.15) is 0 Å². The monoisotopic (exact) mass is 247 g/mol. The largest absolute Gasteiger partial charge is 0.465 e. The first kappa shape index (κ1) is 14.5. The first-order valence-electron chi connectivity index (χ1n) is 6.12. The van der Waals surface area contributed by atoms with Crippen LogP contribution >= 0.6 is 0 Å². The summed E-state index contributed by atoms with van der Waals surface area (Å²) in [6.45, 7) is 7.21. The quantitative estimate of drug-likeness (QED) is 0.813. The van der Waals surface area contributed by atoms with E-state index in [2.05, 4.69) is 36.9 Å². The molecule has 0 fully saturated rings. The lowest BCUT2D eigenvalue weighted by Gasteiger charge is -2.08. The number of carbonyl (C=O) groups is 1. The number of hydrogen-bond acceptors (Lipinski definition) is 3. The van der Waals surface area contributed by atoms with Gasteiger partial charge in [0.05, 0.1) is 12.7 Å². The van der Waals surface area contributed by atoms with Crippen LogP contribution in [-0.4, -0.2) is 25.7 Å². The third kappa shape index (κ3) is 4.72. The van der Waals surface area contributed by atoms with Crippen LogP contribution in [0.1, 0.15) is 36.7 Å². The van der Waals surface area contributed by atoms with Crippen molar-refractivity contribution in [3.05, 3.63) is 41.0 Å². The summed E-state index contributed by atoms with van der Waals surface area (Å²) in [6.07, 6.45) is 2.11. The second-order valence-electron chi connectivity index (χ2n) is 4.64. The van der Waals surface area contributed by atoms with Gasteiger partial charge in [-0.05, 0) is 24.6 Å². The van der Waals surface area contributed by atoms with Gasteiger partial charge in [0.15, 0.2) is 0 Å². The minimum atomic E-state index is -0.302. The van der Waals surface area contributed by atoms with E-state index in [0.29, 0.717) is 11.6 Å². The molecular weight excluding hydrogens is 226 g/mol. The minimum Gasteiger partial charge on any atom is -0.465 e. The summed E-state index contributed by atoms with van der Waals surface area (Å²) in [4.78, 5) is 11.3. The number of rotatable bonds is 5. The molecule has 0 aromatic heterocycles. The summed E-state index contributed by atoms with van der Waals surface area (Å²) in [5.41, 5.74) is 2.92. The Morgan fingerprint density at radius 1 is 1.33 bits per heavy atom. The van der Waals surface area contributed by atoms with Gasteiger partial charge in [-0.3, -0.25) is 0 Å². The Balaban J connectivity index is 2.68. The molecule has 0 aliphatic carbocycles. The van der Waals surface area contributed by atoms with Gasteiger partial charge in [-0.15, -0.1) is 0 Å². The van der Waals surface area contributed by atoms with Crippen molar-refractivity contribution in [3.63, 3.8) is 0 Å². The minimum absolute atomic E-state index is 0.302. The van der Waals surface area contributed by atoms with Gasteiger partial charge in [-0.2, -0.15) is 0 Å². The van der Waals surface area contributed by atoms with E-state index in [4.69, 9.17) is 0 Å². The predicted molar refractivity (Wildman–Crippen MR) is 74.6 cm³/mol. The van der Waals surface area contributed by atoms with Gasteiger partial charge in [0, 0.05) is 12.6 Å². The second kappa shape index (κ2) is 6.97. The average molecular weight is 247 g/mol. The van der Waals surface area contributed by atoms with Crippen molar-refractivity contribution >= 4 is 12.0 Å². The molecule has 0 radical (unpaired) electrons. The Kier molecular flexibility index (Phi) is 5.59. The summed E-state index contributed by atoms with van der Waals surface area (Å²) in [7, 11) is 1.39. The van der Waals surface area contributed by atoms with Crippen LogP contribution in [0.15, 0.2) is 29.8 Å². The number of nitrogens with one attached hydrogen (secondary N) is 1. The van der Waals surface area contributed by atoms with Crippen LogP contribution in [-0.2, 0) is 4.74 Å². The number of carbonyl (C=O) groups excluding carboxylic acids is 1. The van der Waals surface area contributed by atoms with Gasteiger partial charge in [0.25, 0.3) is 0 Å². The molecule has 3 heteroatoms. The Bertz CT molecular complexity index is 419. The van der Waals surface area contributed by atoms with Gasteiger partial charge in [-0.25, -0.2) is 4.79 Å². The van der Waals surface area contributed by atoms with Crippen molar-refractivity contribution in [2.45, 2.75) is 26.8 Å². The molecule has 0 aliphatic heterocycles. The van der Waals surface area contributed by atoms with Gasteiger partial charge >= 0.3 is 5.97 Å². The molecule has 98 valence electrons.